The first-order valence-corrected chi connectivity index (χ1v) is 6.89. The van der Waals surface area contributed by atoms with Gasteiger partial charge in [0.15, 0.2) is 5.65 Å². The minimum absolute atomic E-state index is 0.141. The molecule has 108 valence electrons. The number of rotatable bonds is 3. The van der Waals surface area contributed by atoms with Crippen molar-refractivity contribution in [2.24, 2.45) is 12.8 Å². The SMILES string of the molecule is CCC(N)c1nc2c(cnn2C)c(=O)n1-c1ccccc1. The van der Waals surface area contributed by atoms with Crippen molar-refractivity contribution in [2.75, 3.05) is 0 Å². The molecule has 0 fully saturated rings. The lowest BCUT2D eigenvalue weighted by Crippen LogP contribution is -2.28. The van der Waals surface area contributed by atoms with Gasteiger partial charge in [-0.05, 0) is 18.6 Å². The first-order chi connectivity index (χ1) is 10.1. The van der Waals surface area contributed by atoms with Crippen LogP contribution in [-0.2, 0) is 7.05 Å². The Balaban J connectivity index is 2.40. The molecule has 0 spiro atoms. The molecule has 1 aromatic carbocycles. The summed E-state index contributed by atoms with van der Waals surface area (Å²) in [7, 11) is 1.77. The maximum Gasteiger partial charge on any atom is 0.269 e. The Morgan fingerprint density at radius 2 is 2.00 bits per heavy atom. The van der Waals surface area contributed by atoms with Crippen molar-refractivity contribution in [3.63, 3.8) is 0 Å². The van der Waals surface area contributed by atoms with Gasteiger partial charge in [-0.3, -0.25) is 14.0 Å². The Hall–Kier alpha value is -2.47. The van der Waals surface area contributed by atoms with Crippen molar-refractivity contribution >= 4 is 11.0 Å². The van der Waals surface area contributed by atoms with Gasteiger partial charge >= 0.3 is 0 Å². The minimum Gasteiger partial charge on any atom is -0.321 e. The number of para-hydroxylation sites is 1. The number of aromatic nitrogens is 4. The van der Waals surface area contributed by atoms with Crippen molar-refractivity contribution in [2.45, 2.75) is 19.4 Å². The third kappa shape index (κ3) is 2.13. The van der Waals surface area contributed by atoms with Crippen LogP contribution < -0.4 is 11.3 Å². The zero-order chi connectivity index (χ0) is 15.0. The minimum atomic E-state index is -0.308. The highest BCUT2D eigenvalue weighted by Crippen LogP contribution is 2.17. The maximum atomic E-state index is 12.8. The van der Waals surface area contributed by atoms with E-state index < -0.39 is 0 Å². The first-order valence-electron chi connectivity index (χ1n) is 6.89. The van der Waals surface area contributed by atoms with Gasteiger partial charge in [0.05, 0.1) is 17.9 Å². The molecule has 0 radical (unpaired) electrons. The standard InChI is InChI=1S/C15H17N5O/c1-3-12(16)14-18-13-11(9-17-19(13)2)15(21)20(14)10-7-5-4-6-8-10/h4-9,12H,3,16H2,1-2H3. The largest absolute Gasteiger partial charge is 0.321 e. The molecule has 1 atom stereocenters. The van der Waals surface area contributed by atoms with Crippen LogP contribution in [0, 0.1) is 0 Å². The molecule has 2 aromatic heterocycles. The van der Waals surface area contributed by atoms with E-state index >= 15 is 0 Å². The van der Waals surface area contributed by atoms with Gasteiger partial charge in [0.2, 0.25) is 0 Å². The molecule has 6 heteroatoms. The summed E-state index contributed by atoms with van der Waals surface area (Å²) in [5.41, 5.74) is 7.34. The Morgan fingerprint density at radius 1 is 1.29 bits per heavy atom. The Bertz CT molecular complexity index is 834. The molecule has 2 heterocycles. The first kappa shape index (κ1) is 13.5. The average molecular weight is 283 g/mol. The molecule has 0 saturated heterocycles. The zero-order valence-electron chi connectivity index (χ0n) is 12.0. The van der Waals surface area contributed by atoms with Crippen LogP contribution in [0.2, 0.25) is 0 Å². The molecule has 0 aliphatic heterocycles. The number of benzene rings is 1. The zero-order valence-corrected chi connectivity index (χ0v) is 12.0. The normalized spacial score (nSPS) is 12.7. The van der Waals surface area contributed by atoms with Gasteiger partial charge in [0.25, 0.3) is 5.56 Å². The summed E-state index contributed by atoms with van der Waals surface area (Å²) >= 11 is 0. The van der Waals surface area contributed by atoms with E-state index in [0.717, 1.165) is 5.69 Å². The molecule has 0 saturated carbocycles. The fraction of sp³-hybridized carbons (Fsp3) is 0.267. The van der Waals surface area contributed by atoms with Crippen LogP contribution in [0.3, 0.4) is 0 Å². The second-order valence-corrected chi connectivity index (χ2v) is 4.97. The van der Waals surface area contributed by atoms with Gasteiger partial charge < -0.3 is 5.73 Å². The van der Waals surface area contributed by atoms with E-state index in [1.54, 1.807) is 22.5 Å². The molecular weight excluding hydrogens is 266 g/mol. The van der Waals surface area contributed by atoms with E-state index in [9.17, 15) is 4.79 Å². The summed E-state index contributed by atoms with van der Waals surface area (Å²) in [6.07, 6.45) is 2.24. The summed E-state index contributed by atoms with van der Waals surface area (Å²) in [6, 6.07) is 9.11. The van der Waals surface area contributed by atoms with Crippen molar-refractivity contribution in [1.29, 1.82) is 0 Å². The monoisotopic (exact) mass is 283 g/mol. The fourth-order valence-electron chi connectivity index (χ4n) is 2.36. The van der Waals surface area contributed by atoms with Crippen LogP contribution in [0.15, 0.2) is 41.3 Å². The predicted octanol–water partition coefficient (Wildman–Crippen LogP) is 1.53. The molecule has 0 bridgehead atoms. The van der Waals surface area contributed by atoms with Gasteiger partial charge in [0.1, 0.15) is 11.2 Å². The lowest BCUT2D eigenvalue weighted by molar-refractivity contribution is 0.619. The van der Waals surface area contributed by atoms with E-state index in [-0.39, 0.29) is 11.6 Å². The van der Waals surface area contributed by atoms with Crippen LogP contribution in [0.5, 0.6) is 0 Å². The topological polar surface area (TPSA) is 78.7 Å². The highest BCUT2D eigenvalue weighted by molar-refractivity contribution is 5.73. The van der Waals surface area contributed by atoms with Crippen molar-refractivity contribution in [3.8, 4) is 5.69 Å². The number of nitrogens with zero attached hydrogens (tertiary/aromatic N) is 4. The molecule has 6 nitrogen and oxygen atoms in total. The van der Waals surface area contributed by atoms with E-state index in [4.69, 9.17) is 5.73 Å². The average Bonchev–Trinajstić information content (AvgIpc) is 2.89. The lowest BCUT2D eigenvalue weighted by atomic mass is 10.2. The fourth-order valence-corrected chi connectivity index (χ4v) is 2.36. The smallest absolute Gasteiger partial charge is 0.269 e. The van der Waals surface area contributed by atoms with Crippen LogP contribution >= 0.6 is 0 Å². The van der Waals surface area contributed by atoms with Crippen LogP contribution in [0.4, 0.5) is 0 Å². The molecular formula is C15H17N5O. The van der Waals surface area contributed by atoms with Crippen molar-refractivity contribution in [1.82, 2.24) is 19.3 Å². The number of hydrogen-bond acceptors (Lipinski definition) is 4. The van der Waals surface area contributed by atoms with E-state index in [1.165, 1.54) is 0 Å². The molecule has 3 rings (SSSR count). The third-order valence-corrected chi connectivity index (χ3v) is 3.58. The van der Waals surface area contributed by atoms with Gasteiger partial charge in [-0.15, -0.1) is 0 Å². The second-order valence-electron chi connectivity index (χ2n) is 4.97. The van der Waals surface area contributed by atoms with Crippen molar-refractivity contribution < 1.29 is 0 Å². The second kappa shape index (κ2) is 5.14. The molecule has 0 amide bonds. The molecule has 1 unspecified atom stereocenters. The number of hydrogen-bond donors (Lipinski definition) is 1. The molecule has 3 aromatic rings. The molecule has 0 aliphatic carbocycles. The van der Waals surface area contributed by atoms with Gasteiger partial charge in [-0.1, -0.05) is 25.1 Å². The summed E-state index contributed by atoms with van der Waals surface area (Å²) in [6.45, 7) is 1.97. The van der Waals surface area contributed by atoms with Crippen LogP contribution in [0.25, 0.3) is 16.7 Å². The molecule has 21 heavy (non-hydrogen) atoms. The van der Waals surface area contributed by atoms with Crippen LogP contribution in [0.1, 0.15) is 25.2 Å². The summed E-state index contributed by atoms with van der Waals surface area (Å²) in [4.78, 5) is 17.4. The van der Waals surface area contributed by atoms with E-state index in [1.807, 2.05) is 37.3 Å². The number of aryl methyl sites for hydroxylation is 1. The van der Waals surface area contributed by atoms with E-state index in [0.29, 0.717) is 23.3 Å². The Morgan fingerprint density at radius 3 is 2.67 bits per heavy atom. The number of nitrogens with two attached hydrogens (primary N) is 1. The molecule has 0 aliphatic rings. The summed E-state index contributed by atoms with van der Waals surface area (Å²) in [5.74, 6) is 0.560. The predicted molar refractivity (Wildman–Crippen MR) is 81.3 cm³/mol. The molecule has 2 N–H and O–H groups in total. The Kier molecular flexibility index (Phi) is 3.31. The van der Waals surface area contributed by atoms with Gasteiger partial charge in [-0.25, -0.2) is 4.98 Å². The van der Waals surface area contributed by atoms with Crippen molar-refractivity contribution in [3.05, 3.63) is 52.7 Å². The third-order valence-electron chi connectivity index (χ3n) is 3.58. The number of fused-ring (bicyclic) bond motifs is 1. The highest BCUT2D eigenvalue weighted by Gasteiger charge is 2.18. The van der Waals surface area contributed by atoms with Gasteiger partial charge in [0, 0.05) is 7.05 Å². The van der Waals surface area contributed by atoms with Gasteiger partial charge in [-0.2, -0.15) is 5.10 Å². The highest BCUT2D eigenvalue weighted by atomic mass is 16.1. The Labute approximate surface area is 121 Å². The quantitative estimate of drug-likeness (QED) is 0.790. The lowest BCUT2D eigenvalue weighted by Gasteiger charge is -2.16. The summed E-state index contributed by atoms with van der Waals surface area (Å²) < 4.78 is 3.18. The van der Waals surface area contributed by atoms with E-state index in [2.05, 4.69) is 10.1 Å². The van der Waals surface area contributed by atoms with Crippen LogP contribution in [-0.4, -0.2) is 19.3 Å². The maximum absolute atomic E-state index is 12.8. The summed E-state index contributed by atoms with van der Waals surface area (Å²) in [5, 5.41) is 4.61.